The highest BCUT2D eigenvalue weighted by molar-refractivity contribution is 5.71. The molecule has 0 radical (unpaired) electrons. The van der Waals surface area contributed by atoms with Crippen molar-refractivity contribution in [1.82, 2.24) is 5.23 Å². The first-order valence-corrected chi connectivity index (χ1v) is 8.15. The third kappa shape index (κ3) is 5.33. The van der Waals surface area contributed by atoms with Gasteiger partial charge in [-0.3, -0.25) is 19.2 Å². The van der Waals surface area contributed by atoms with Gasteiger partial charge in [-0.15, -0.1) is 0 Å². The maximum absolute atomic E-state index is 11.8. The first-order valence-electron chi connectivity index (χ1n) is 8.15. The van der Waals surface area contributed by atoms with Gasteiger partial charge in [0.05, 0.1) is 0 Å². The number of esters is 4. The highest BCUT2D eigenvalue weighted by Gasteiger charge is 2.71. The summed E-state index contributed by atoms with van der Waals surface area (Å²) >= 11 is 0. The summed E-state index contributed by atoms with van der Waals surface area (Å²) < 4.78 is 20.9. The third-order valence-corrected chi connectivity index (χ3v) is 3.13. The molecule has 0 aromatic rings. The molecule has 1 aliphatic rings. The molecule has 0 aliphatic carbocycles. The lowest BCUT2D eigenvalue weighted by Crippen LogP contribution is -2.70. The number of carbonyl (C=O) groups excluding carboxylic acids is 4. The SMILES string of the molecule is CCCCC(OC(C)=O)(OC(C)=O)C(OC(C)=O)(OC(C)=O)N1OC=CO1. The average molecular weight is 389 g/mol. The molecule has 0 saturated carbocycles. The van der Waals surface area contributed by atoms with Crippen molar-refractivity contribution in [3.63, 3.8) is 0 Å². The molecule has 0 fully saturated rings. The van der Waals surface area contributed by atoms with E-state index in [0.29, 0.717) is 18.1 Å². The molecule has 0 N–H and O–H groups in total. The Morgan fingerprint density at radius 1 is 0.815 bits per heavy atom. The van der Waals surface area contributed by atoms with E-state index in [9.17, 15) is 19.2 Å². The summed E-state index contributed by atoms with van der Waals surface area (Å²) in [6, 6.07) is 0. The molecular formula is C16H23NO10. The van der Waals surface area contributed by atoms with E-state index in [4.69, 9.17) is 28.6 Å². The zero-order valence-corrected chi connectivity index (χ0v) is 15.8. The van der Waals surface area contributed by atoms with E-state index in [0.717, 1.165) is 40.2 Å². The van der Waals surface area contributed by atoms with Crippen LogP contribution in [0.25, 0.3) is 0 Å². The van der Waals surface area contributed by atoms with Gasteiger partial charge in [0.25, 0.3) is 0 Å². The van der Waals surface area contributed by atoms with E-state index < -0.39 is 35.6 Å². The number of hydrogen-bond donors (Lipinski definition) is 0. The fourth-order valence-electron chi connectivity index (χ4n) is 2.39. The molecule has 0 spiro atoms. The van der Waals surface area contributed by atoms with Crippen molar-refractivity contribution in [2.24, 2.45) is 0 Å². The quantitative estimate of drug-likeness (QED) is 0.419. The van der Waals surface area contributed by atoms with Gasteiger partial charge in [-0.05, 0) is 6.42 Å². The topological polar surface area (TPSA) is 127 Å². The molecule has 1 heterocycles. The van der Waals surface area contributed by atoms with Crippen molar-refractivity contribution in [3.05, 3.63) is 12.5 Å². The summed E-state index contributed by atoms with van der Waals surface area (Å²) in [4.78, 5) is 57.5. The summed E-state index contributed by atoms with van der Waals surface area (Å²) in [5.41, 5.74) is 0. The lowest BCUT2D eigenvalue weighted by molar-refractivity contribution is -0.519. The molecule has 0 saturated heterocycles. The Morgan fingerprint density at radius 3 is 1.56 bits per heavy atom. The van der Waals surface area contributed by atoms with Crippen LogP contribution in [0.1, 0.15) is 53.9 Å². The van der Waals surface area contributed by atoms with Gasteiger partial charge >= 0.3 is 35.6 Å². The van der Waals surface area contributed by atoms with Crippen LogP contribution >= 0.6 is 0 Å². The maximum Gasteiger partial charge on any atom is 0.467 e. The van der Waals surface area contributed by atoms with Crippen LogP contribution < -0.4 is 0 Å². The van der Waals surface area contributed by atoms with Crippen molar-refractivity contribution < 1.29 is 47.8 Å². The van der Waals surface area contributed by atoms with Crippen LogP contribution in [0.5, 0.6) is 0 Å². The van der Waals surface area contributed by atoms with Gasteiger partial charge in [0.15, 0.2) is 12.5 Å². The van der Waals surface area contributed by atoms with Gasteiger partial charge in [0.1, 0.15) is 5.23 Å². The van der Waals surface area contributed by atoms with Crippen molar-refractivity contribution in [2.75, 3.05) is 0 Å². The average Bonchev–Trinajstić information content (AvgIpc) is 3.04. The minimum atomic E-state index is -2.71. The zero-order valence-electron chi connectivity index (χ0n) is 15.8. The van der Waals surface area contributed by atoms with Crippen LogP contribution in [0.4, 0.5) is 0 Å². The van der Waals surface area contributed by atoms with Crippen molar-refractivity contribution in [1.29, 1.82) is 0 Å². The van der Waals surface area contributed by atoms with Crippen LogP contribution in [0.2, 0.25) is 0 Å². The minimum absolute atomic E-state index is 0.202. The zero-order chi connectivity index (χ0) is 20.7. The second-order valence-electron chi connectivity index (χ2n) is 5.55. The molecule has 11 nitrogen and oxygen atoms in total. The first-order chi connectivity index (χ1) is 12.6. The molecular weight excluding hydrogens is 366 g/mol. The predicted octanol–water partition coefficient (Wildman–Crippen LogP) is 1.43. The Kier molecular flexibility index (Phi) is 7.58. The van der Waals surface area contributed by atoms with Crippen LogP contribution in [-0.4, -0.2) is 40.8 Å². The molecule has 1 rings (SSSR count). The second-order valence-corrected chi connectivity index (χ2v) is 5.55. The van der Waals surface area contributed by atoms with Gasteiger partial charge in [0.2, 0.25) is 0 Å². The van der Waals surface area contributed by atoms with E-state index in [1.807, 2.05) is 6.92 Å². The van der Waals surface area contributed by atoms with Crippen LogP contribution in [-0.2, 0) is 47.8 Å². The monoisotopic (exact) mass is 389 g/mol. The van der Waals surface area contributed by atoms with Gasteiger partial charge in [-0.25, -0.2) is 0 Å². The number of hydroxylamine groups is 2. The Morgan fingerprint density at radius 2 is 1.22 bits per heavy atom. The highest BCUT2D eigenvalue weighted by atomic mass is 17.0. The Balaban J connectivity index is 3.68. The molecule has 27 heavy (non-hydrogen) atoms. The van der Waals surface area contributed by atoms with Gasteiger partial charge in [-0.1, -0.05) is 13.3 Å². The molecule has 11 heteroatoms. The van der Waals surface area contributed by atoms with Gasteiger partial charge in [-0.2, -0.15) is 0 Å². The maximum atomic E-state index is 11.8. The van der Waals surface area contributed by atoms with E-state index in [-0.39, 0.29) is 6.42 Å². The molecule has 1 aliphatic heterocycles. The Labute approximate surface area is 156 Å². The molecule has 0 aromatic heterocycles. The predicted molar refractivity (Wildman–Crippen MR) is 85.2 cm³/mol. The molecule has 0 aromatic carbocycles. The fourth-order valence-corrected chi connectivity index (χ4v) is 2.39. The number of rotatable bonds is 9. The second kappa shape index (κ2) is 9.21. The van der Waals surface area contributed by atoms with Crippen LogP contribution in [0.3, 0.4) is 0 Å². The summed E-state index contributed by atoms with van der Waals surface area (Å²) in [5, 5.41) is 0.456. The van der Waals surface area contributed by atoms with E-state index in [1.165, 1.54) is 0 Å². The lowest BCUT2D eigenvalue weighted by atomic mass is 10.0. The molecule has 0 unspecified atom stereocenters. The van der Waals surface area contributed by atoms with Gasteiger partial charge < -0.3 is 28.6 Å². The number of hydrogen-bond acceptors (Lipinski definition) is 11. The van der Waals surface area contributed by atoms with E-state index in [2.05, 4.69) is 0 Å². The van der Waals surface area contributed by atoms with E-state index in [1.54, 1.807) is 0 Å². The summed E-state index contributed by atoms with van der Waals surface area (Å²) in [5.74, 6) is -8.84. The first kappa shape index (κ1) is 22.2. The van der Waals surface area contributed by atoms with Crippen molar-refractivity contribution in [2.45, 2.75) is 65.6 Å². The molecule has 152 valence electrons. The smallest absolute Gasteiger partial charge is 0.413 e. The minimum Gasteiger partial charge on any atom is -0.413 e. The summed E-state index contributed by atoms with van der Waals surface area (Å²) in [6.45, 7) is 5.92. The highest BCUT2D eigenvalue weighted by Crippen LogP contribution is 2.42. The largest absolute Gasteiger partial charge is 0.467 e. The number of unbranched alkanes of at least 4 members (excludes halogenated alkanes) is 1. The lowest BCUT2D eigenvalue weighted by Gasteiger charge is -2.45. The number of nitrogens with zero attached hydrogens (tertiary/aromatic N) is 1. The summed E-state index contributed by atoms with van der Waals surface area (Å²) in [7, 11) is 0. The van der Waals surface area contributed by atoms with Crippen molar-refractivity contribution >= 4 is 23.9 Å². The normalized spacial score (nSPS) is 14.0. The standard InChI is InChI=1S/C16H23NO10/c1-6-7-8-15(24-11(2)18,25-12(3)19)16(26-13(4)20,27-14(5)21)17-22-9-10-23-17/h9-10H,6-8H2,1-5H3. The number of ether oxygens (including phenoxy) is 4. The van der Waals surface area contributed by atoms with Crippen LogP contribution in [0, 0.1) is 0 Å². The fraction of sp³-hybridized carbons (Fsp3) is 0.625. The third-order valence-electron chi connectivity index (χ3n) is 3.13. The number of carbonyl (C=O) groups is 4. The Hall–Kier alpha value is -2.82. The van der Waals surface area contributed by atoms with Gasteiger partial charge in [0, 0.05) is 34.1 Å². The van der Waals surface area contributed by atoms with Crippen LogP contribution in [0.15, 0.2) is 12.5 Å². The summed E-state index contributed by atoms with van der Waals surface area (Å²) in [6.07, 6.45) is 2.76. The molecule has 0 bridgehead atoms. The molecule has 0 atom stereocenters. The van der Waals surface area contributed by atoms with E-state index >= 15 is 0 Å². The molecule has 0 amide bonds. The van der Waals surface area contributed by atoms with Crippen molar-refractivity contribution in [3.8, 4) is 0 Å². The Bertz CT molecular complexity index is 574.